The first kappa shape index (κ1) is 12.9. The van der Waals surface area contributed by atoms with Gasteiger partial charge in [0.05, 0.1) is 0 Å². The molecule has 2 rings (SSSR count). The largest absolute Gasteiger partial charge is 0.508 e. The lowest BCUT2D eigenvalue weighted by molar-refractivity contribution is 0.0914. The molecular weight excluding hydrogens is 228 g/mol. The quantitative estimate of drug-likeness (QED) is 0.742. The minimum Gasteiger partial charge on any atom is -0.508 e. The number of aryl methyl sites for hydroxylation is 1. The molecule has 1 aromatic carbocycles. The topological polar surface area (TPSA) is 61.4 Å². The van der Waals surface area contributed by atoms with Crippen LogP contribution < -0.4 is 10.6 Å². The van der Waals surface area contributed by atoms with Crippen molar-refractivity contribution in [1.82, 2.24) is 10.6 Å². The van der Waals surface area contributed by atoms with Gasteiger partial charge in [-0.3, -0.25) is 4.79 Å². The lowest BCUT2D eigenvalue weighted by Crippen LogP contribution is -2.48. The summed E-state index contributed by atoms with van der Waals surface area (Å²) in [6.07, 6.45) is 0.962. The van der Waals surface area contributed by atoms with Crippen LogP contribution in [0.2, 0.25) is 0 Å². The van der Waals surface area contributed by atoms with E-state index in [-0.39, 0.29) is 17.7 Å². The fourth-order valence-electron chi connectivity index (χ4n) is 2.28. The zero-order valence-corrected chi connectivity index (χ0v) is 10.9. The first-order valence-electron chi connectivity index (χ1n) is 6.39. The Labute approximate surface area is 107 Å². The SMILES string of the molecule is Cc1cc(C(=O)NC2CCNCC2C)ccc1O. The Hall–Kier alpha value is -1.55. The fraction of sp³-hybridized carbons (Fsp3) is 0.500. The molecule has 0 aliphatic carbocycles. The zero-order chi connectivity index (χ0) is 13.1. The van der Waals surface area contributed by atoms with Gasteiger partial charge in [-0.25, -0.2) is 0 Å². The molecule has 3 N–H and O–H groups in total. The molecule has 1 saturated heterocycles. The van der Waals surface area contributed by atoms with Gasteiger partial charge in [0.1, 0.15) is 5.75 Å². The Morgan fingerprint density at radius 2 is 2.28 bits per heavy atom. The molecule has 1 aliphatic heterocycles. The van der Waals surface area contributed by atoms with E-state index in [0.29, 0.717) is 11.5 Å². The van der Waals surface area contributed by atoms with Crippen LogP contribution in [-0.2, 0) is 0 Å². The average Bonchev–Trinajstić information content (AvgIpc) is 2.35. The van der Waals surface area contributed by atoms with E-state index >= 15 is 0 Å². The Kier molecular flexibility index (Phi) is 3.87. The Morgan fingerprint density at radius 1 is 1.50 bits per heavy atom. The number of rotatable bonds is 2. The maximum atomic E-state index is 12.1. The summed E-state index contributed by atoms with van der Waals surface area (Å²) in [4.78, 5) is 12.1. The van der Waals surface area contributed by atoms with Gasteiger partial charge in [-0.1, -0.05) is 6.92 Å². The number of aromatic hydroxyl groups is 1. The molecule has 18 heavy (non-hydrogen) atoms. The van der Waals surface area contributed by atoms with E-state index in [1.165, 1.54) is 0 Å². The highest BCUT2D eigenvalue weighted by Crippen LogP contribution is 2.18. The first-order chi connectivity index (χ1) is 8.58. The smallest absolute Gasteiger partial charge is 0.251 e. The zero-order valence-electron chi connectivity index (χ0n) is 10.9. The maximum absolute atomic E-state index is 12.1. The highest BCUT2D eigenvalue weighted by molar-refractivity contribution is 5.94. The van der Waals surface area contributed by atoms with Crippen molar-refractivity contribution in [3.63, 3.8) is 0 Å². The van der Waals surface area contributed by atoms with Crippen molar-refractivity contribution in [1.29, 1.82) is 0 Å². The summed E-state index contributed by atoms with van der Waals surface area (Å²) in [5, 5.41) is 15.8. The number of phenolic OH excluding ortho intramolecular Hbond substituents is 1. The van der Waals surface area contributed by atoms with Crippen molar-refractivity contribution >= 4 is 5.91 Å². The summed E-state index contributed by atoms with van der Waals surface area (Å²) in [7, 11) is 0. The molecule has 1 heterocycles. The van der Waals surface area contributed by atoms with E-state index in [9.17, 15) is 9.90 Å². The fourth-order valence-corrected chi connectivity index (χ4v) is 2.28. The molecule has 0 bridgehead atoms. The second kappa shape index (κ2) is 5.40. The van der Waals surface area contributed by atoms with Gasteiger partial charge >= 0.3 is 0 Å². The van der Waals surface area contributed by atoms with Gasteiger partial charge in [-0.05, 0) is 56.1 Å². The van der Waals surface area contributed by atoms with Gasteiger partial charge in [-0.15, -0.1) is 0 Å². The molecule has 1 fully saturated rings. The summed E-state index contributed by atoms with van der Waals surface area (Å²) in [6, 6.07) is 5.17. The summed E-state index contributed by atoms with van der Waals surface area (Å²) in [6.45, 7) is 5.82. The van der Waals surface area contributed by atoms with Crippen LogP contribution in [-0.4, -0.2) is 30.1 Å². The third kappa shape index (κ3) is 2.82. The van der Waals surface area contributed by atoms with Crippen LogP contribution in [0, 0.1) is 12.8 Å². The van der Waals surface area contributed by atoms with Crippen molar-refractivity contribution in [2.45, 2.75) is 26.3 Å². The molecular formula is C14H20N2O2. The van der Waals surface area contributed by atoms with E-state index in [0.717, 1.165) is 25.1 Å². The molecule has 98 valence electrons. The van der Waals surface area contributed by atoms with Crippen molar-refractivity contribution in [2.24, 2.45) is 5.92 Å². The van der Waals surface area contributed by atoms with Gasteiger partial charge in [0.15, 0.2) is 0 Å². The van der Waals surface area contributed by atoms with Crippen LogP contribution in [0.3, 0.4) is 0 Å². The van der Waals surface area contributed by atoms with E-state index in [1.807, 2.05) is 0 Å². The number of nitrogens with one attached hydrogen (secondary N) is 2. The molecule has 0 aromatic heterocycles. The molecule has 0 spiro atoms. The van der Waals surface area contributed by atoms with Crippen molar-refractivity contribution < 1.29 is 9.90 Å². The highest BCUT2D eigenvalue weighted by Gasteiger charge is 2.23. The summed E-state index contributed by atoms with van der Waals surface area (Å²) >= 11 is 0. The summed E-state index contributed by atoms with van der Waals surface area (Å²) in [5.74, 6) is 0.611. The van der Waals surface area contributed by atoms with Crippen LogP contribution in [0.4, 0.5) is 0 Å². The van der Waals surface area contributed by atoms with Crippen molar-refractivity contribution in [3.8, 4) is 5.75 Å². The van der Waals surface area contributed by atoms with Crippen LogP contribution in [0.1, 0.15) is 29.3 Å². The third-order valence-corrected chi connectivity index (χ3v) is 3.56. The minimum atomic E-state index is -0.0585. The monoisotopic (exact) mass is 248 g/mol. The lowest BCUT2D eigenvalue weighted by atomic mass is 9.95. The van der Waals surface area contributed by atoms with Crippen LogP contribution in [0.15, 0.2) is 18.2 Å². The van der Waals surface area contributed by atoms with Crippen LogP contribution in [0.5, 0.6) is 5.75 Å². The number of benzene rings is 1. The molecule has 4 heteroatoms. The number of hydrogen-bond donors (Lipinski definition) is 3. The molecule has 1 aliphatic rings. The van der Waals surface area contributed by atoms with Gasteiger partial charge < -0.3 is 15.7 Å². The lowest BCUT2D eigenvalue weighted by Gasteiger charge is -2.30. The molecule has 1 amide bonds. The molecule has 2 atom stereocenters. The van der Waals surface area contributed by atoms with Gasteiger partial charge in [0, 0.05) is 11.6 Å². The van der Waals surface area contributed by atoms with E-state index in [2.05, 4.69) is 17.6 Å². The standard InChI is InChI=1S/C14H20N2O2/c1-9-7-11(3-4-13(9)17)14(18)16-12-5-6-15-8-10(12)2/h3-4,7,10,12,15,17H,5-6,8H2,1-2H3,(H,16,18). The molecule has 4 nitrogen and oxygen atoms in total. The number of hydrogen-bond acceptors (Lipinski definition) is 3. The van der Waals surface area contributed by atoms with Gasteiger partial charge in [0.25, 0.3) is 5.91 Å². The predicted octanol–water partition coefficient (Wildman–Crippen LogP) is 1.43. The number of phenols is 1. The van der Waals surface area contributed by atoms with E-state index in [4.69, 9.17) is 0 Å². The van der Waals surface area contributed by atoms with Crippen molar-refractivity contribution in [2.75, 3.05) is 13.1 Å². The molecule has 1 aromatic rings. The first-order valence-corrected chi connectivity index (χ1v) is 6.39. The second-order valence-corrected chi connectivity index (χ2v) is 5.05. The summed E-state index contributed by atoms with van der Waals surface area (Å²) in [5.41, 5.74) is 1.33. The second-order valence-electron chi connectivity index (χ2n) is 5.05. The number of amides is 1. The minimum absolute atomic E-state index is 0.0585. The molecule has 0 radical (unpaired) electrons. The van der Waals surface area contributed by atoms with Crippen LogP contribution in [0.25, 0.3) is 0 Å². The van der Waals surface area contributed by atoms with E-state index in [1.54, 1.807) is 25.1 Å². The number of piperidine rings is 1. The third-order valence-electron chi connectivity index (χ3n) is 3.56. The Balaban J connectivity index is 2.04. The number of carbonyl (C=O) groups excluding carboxylic acids is 1. The molecule has 2 unspecified atom stereocenters. The van der Waals surface area contributed by atoms with Gasteiger partial charge in [0.2, 0.25) is 0 Å². The maximum Gasteiger partial charge on any atom is 0.251 e. The van der Waals surface area contributed by atoms with E-state index < -0.39 is 0 Å². The normalized spacial score (nSPS) is 23.7. The highest BCUT2D eigenvalue weighted by atomic mass is 16.3. The molecule has 0 saturated carbocycles. The van der Waals surface area contributed by atoms with Crippen LogP contribution >= 0.6 is 0 Å². The summed E-state index contributed by atoms with van der Waals surface area (Å²) < 4.78 is 0. The van der Waals surface area contributed by atoms with Gasteiger partial charge in [-0.2, -0.15) is 0 Å². The Morgan fingerprint density at radius 3 is 2.94 bits per heavy atom. The number of carbonyl (C=O) groups is 1. The predicted molar refractivity (Wildman–Crippen MR) is 70.7 cm³/mol. The Bertz CT molecular complexity index is 445. The average molecular weight is 248 g/mol. The van der Waals surface area contributed by atoms with Crippen molar-refractivity contribution in [3.05, 3.63) is 29.3 Å².